The van der Waals surface area contributed by atoms with Crippen LogP contribution in [0.15, 0.2) is 79.0 Å². The van der Waals surface area contributed by atoms with Crippen molar-refractivity contribution in [3.63, 3.8) is 0 Å². The van der Waals surface area contributed by atoms with Crippen molar-refractivity contribution in [1.82, 2.24) is 9.78 Å². The third kappa shape index (κ3) is 3.65. The van der Waals surface area contributed by atoms with Gasteiger partial charge in [0.05, 0.1) is 54.6 Å². The summed E-state index contributed by atoms with van der Waals surface area (Å²) in [5.74, 6) is 0.898. The van der Waals surface area contributed by atoms with E-state index in [-0.39, 0.29) is 5.78 Å². The molecule has 6 heteroatoms. The van der Waals surface area contributed by atoms with E-state index in [4.69, 9.17) is 14.7 Å². The first-order valence-corrected chi connectivity index (χ1v) is 9.57. The maximum atomic E-state index is 13.5. The summed E-state index contributed by atoms with van der Waals surface area (Å²) >= 11 is 0. The summed E-state index contributed by atoms with van der Waals surface area (Å²) in [6.45, 7) is 0. The van der Waals surface area contributed by atoms with Gasteiger partial charge in [0.15, 0.2) is 0 Å². The van der Waals surface area contributed by atoms with Crippen LogP contribution in [-0.4, -0.2) is 29.8 Å². The number of carbonyl (C=O) groups excluding carboxylic acids is 1. The number of nitrogens with zero attached hydrogens (tertiary/aromatic N) is 3. The Balaban J connectivity index is 1.95. The molecule has 0 bridgehead atoms. The maximum absolute atomic E-state index is 13.5. The third-order valence-corrected chi connectivity index (χ3v) is 4.97. The minimum absolute atomic E-state index is 0.210. The fraction of sp³-hybridized carbons (Fsp3) is 0.0800. The van der Waals surface area contributed by atoms with Crippen molar-refractivity contribution in [3.8, 4) is 34.5 Å². The number of hydrogen-bond donors (Lipinski definition) is 0. The van der Waals surface area contributed by atoms with E-state index in [1.807, 2.05) is 30.3 Å². The molecule has 1 heterocycles. The molecule has 31 heavy (non-hydrogen) atoms. The Morgan fingerprint density at radius 3 is 2.19 bits per heavy atom. The van der Waals surface area contributed by atoms with E-state index in [2.05, 4.69) is 11.2 Å². The lowest BCUT2D eigenvalue weighted by molar-refractivity contribution is 0.103. The first-order valence-electron chi connectivity index (χ1n) is 9.57. The Morgan fingerprint density at radius 2 is 1.52 bits per heavy atom. The molecule has 0 aliphatic carbocycles. The second-order valence-corrected chi connectivity index (χ2v) is 6.71. The molecule has 3 aromatic carbocycles. The SMILES string of the molecule is COc1ccccc1C(=O)c1cnn(-c2ccc(C#N)cc2)c1-c1ccccc1OC. The van der Waals surface area contributed by atoms with Crippen LogP contribution in [0.3, 0.4) is 0 Å². The molecular formula is C25H19N3O3. The van der Waals surface area contributed by atoms with Gasteiger partial charge in [-0.25, -0.2) is 4.68 Å². The molecule has 6 nitrogen and oxygen atoms in total. The van der Waals surface area contributed by atoms with E-state index >= 15 is 0 Å². The molecule has 0 N–H and O–H groups in total. The normalized spacial score (nSPS) is 10.4. The van der Waals surface area contributed by atoms with Crippen molar-refractivity contribution < 1.29 is 14.3 Å². The first-order chi connectivity index (χ1) is 15.2. The summed E-state index contributed by atoms with van der Waals surface area (Å²) in [4.78, 5) is 13.5. The highest BCUT2D eigenvalue weighted by Gasteiger charge is 2.25. The smallest absolute Gasteiger partial charge is 0.200 e. The zero-order valence-corrected chi connectivity index (χ0v) is 17.1. The molecule has 0 spiro atoms. The number of ketones is 1. The van der Waals surface area contributed by atoms with Crippen molar-refractivity contribution in [2.45, 2.75) is 0 Å². The quantitative estimate of drug-likeness (QED) is 0.433. The highest BCUT2D eigenvalue weighted by molar-refractivity contribution is 6.14. The molecule has 152 valence electrons. The van der Waals surface area contributed by atoms with Crippen LogP contribution in [0.2, 0.25) is 0 Å². The summed E-state index contributed by atoms with van der Waals surface area (Å²) in [6, 6.07) is 23.7. The standard InChI is InChI=1S/C25H19N3O3/c1-30-22-9-5-3-7-19(22)24-21(25(29)20-8-4-6-10-23(20)31-2)16-27-28(24)18-13-11-17(15-26)12-14-18/h3-14,16H,1-2H3. The number of methoxy groups -OCH3 is 2. The number of nitriles is 1. The Kier molecular flexibility index (Phi) is 5.50. The topological polar surface area (TPSA) is 77.1 Å². The van der Waals surface area contributed by atoms with Gasteiger partial charge in [-0.05, 0) is 48.5 Å². The number of ether oxygens (including phenoxy) is 2. The molecule has 4 aromatic rings. The van der Waals surface area contributed by atoms with E-state index in [1.54, 1.807) is 60.5 Å². The zero-order chi connectivity index (χ0) is 21.8. The van der Waals surface area contributed by atoms with Crippen molar-refractivity contribution in [2.24, 2.45) is 0 Å². The predicted octanol–water partition coefficient (Wildman–Crippen LogP) is 4.66. The molecule has 4 rings (SSSR count). The van der Waals surface area contributed by atoms with Crippen LogP contribution < -0.4 is 9.47 Å². The molecule has 0 radical (unpaired) electrons. The lowest BCUT2D eigenvalue weighted by Gasteiger charge is -2.14. The average molecular weight is 409 g/mol. The van der Waals surface area contributed by atoms with Crippen LogP contribution >= 0.6 is 0 Å². The molecule has 0 unspecified atom stereocenters. The van der Waals surface area contributed by atoms with Crippen LogP contribution in [0.5, 0.6) is 11.5 Å². The van der Waals surface area contributed by atoms with Gasteiger partial charge in [-0.1, -0.05) is 24.3 Å². The van der Waals surface area contributed by atoms with E-state index in [9.17, 15) is 4.79 Å². The largest absolute Gasteiger partial charge is 0.496 e. The van der Waals surface area contributed by atoms with Crippen LogP contribution in [0, 0.1) is 11.3 Å². The van der Waals surface area contributed by atoms with Crippen LogP contribution in [0.25, 0.3) is 16.9 Å². The average Bonchev–Trinajstić information content (AvgIpc) is 3.28. The lowest BCUT2D eigenvalue weighted by atomic mass is 9.98. The monoisotopic (exact) mass is 409 g/mol. The van der Waals surface area contributed by atoms with Crippen LogP contribution in [0.1, 0.15) is 21.5 Å². The molecular weight excluding hydrogens is 390 g/mol. The van der Waals surface area contributed by atoms with Gasteiger partial charge in [0.25, 0.3) is 0 Å². The fourth-order valence-corrected chi connectivity index (χ4v) is 3.46. The highest BCUT2D eigenvalue weighted by Crippen LogP contribution is 2.35. The van der Waals surface area contributed by atoms with Gasteiger partial charge in [0, 0.05) is 5.56 Å². The first kappa shape index (κ1) is 19.9. The fourth-order valence-electron chi connectivity index (χ4n) is 3.46. The Labute approximate surface area is 179 Å². The van der Waals surface area contributed by atoms with E-state index in [0.717, 1.165) is 11.3 Å². The van der Waals surface area contributed by atoms with Gasteiger partial charge in [0.2, 0.25) is 5.78 Å². The van der Waals surface area contributed by atoms with Gasteiger partial charge in [-0.2, -0.15) is 10.4 Å². The second-order valence-electron chi connectivity index (χ2n) is 6.71. The summed E-state index contributed by atoms with van der Waals surface area (Å²) in [5.41, 5.74) is 3.45. The van der Waals surface area contributed by atoms with E-state index < -0.39 is 0 Å². The third-order valence-electron chi connectivity index (χ3n) is 4.97. The summed E-state index contributed by atoms with van der Waals surface area (Å²) < 4.78 is 12.6. The minimum Gasteiger partial charge on any atom is -0.496 e. The Bertz CT molecular complexity index is 1280. The van der Waals surface area contributed by atoms with Crippen LogP contribution in [-0.2, 0) is 0 Å². The van der Waals surface area contributed by atoms with Gasteiger partial charge >= 0.3 is 0 Å². The molecule has 1 aromatic heterocycles. The molecule has 0 saturated carbocycles. The van der Waals surface area contributed by atoms with Crippen LogP contribution in [0.4, 0.5) is 0 Å². The maximum Gasteiger partial charge on any atom is 0.200 e. The van der Waals surface area contributed by atoms with Crippen molar-refractivity contribution in [1.29, 1.82) is 5.26 Å². The number of carbonyl (C=O) groups is 1. The molecule has 0 amide bonds. The van der Waals surface area contributed by atoms with Crippen molar-refractivity contribution >= 4 is 5.78 Å². The minimum atomic E-state index is -0.210. The zero-order valence-electron chi connectivity index (χ0n) is 17.1. The lowest BCUT2D eigenvalue weighted by Crippen LogP contribution is -2.07. The number of rotatable bonds is 6. The molecule has 0 fully saturated rings. The second kappa shape index (κ2) is 8.56. The predicted molar refractivity (Wildman–Crippen MR) is 117 cm³/mol. The van der Waals surface area contributed by atoms with Gasteiger partial charge in [-0.3, -0.25) is 4.79 Å². The molecule has 0 atom stereocenters. The summed E-state index contributed by atoms with van der Waals surface area (Å²) in [6.07, 6.45) is 1.55. The van der Waals surface area contributed by atoms with Crippen molar-refractivity contribution in [2.75, 3.05) is 14.2 Å². The van der Waals surface area contributed by atoms with E-state index in [1.165, 1.54) is 7.11 Å². The van der Waals surface area contributed by atoms with Gasteiger partial charge in [0.1, 0.15) is 11.5 Å². The Hall–Kier alpha value is -4.37. The number of benzene rings is 3. The number of aromatic nitrogens is 2. The molecule has 0 aliphatic heterocycles. The number of para-hydroxylation sites is 2. The summed E-state index contributed by atoms with van der Waals surface area (Å²) in [7, 11) is 3.12. The highest BCUT2D eigenvalue weighted by atomic mass is 16.5. The number of hydrogen-bond acceptors (Lipinski definition) is 5. The molecule has 0 saturated heterocycles. The van der Waals surface area contributed by atoms with E-state index in [0.29, 0.717) is 33.9 Å². The summed E-state index contributed by atoms with van der Waals surface area (Å²) in [5, 5.41) is 13.6. The van der Waals surface area contributed by atoms with Crippen molar-refractivity contribution in [3.05, 3.63) is 95.7 Å². The Morgan fingerprint density at radius 1 is 0.871 bits per heavy atom. The molecule has 0 aliphatic rings. The van der Waals surface area contributed by atoms with Gasteiger partial charge in [-0.15, -0.1) is 0 Å². The van der Waals surface area contributed by atoms with Gasteiger partial charge < -0.3 is 9.47 Å².